The molecule has 6 nitrogen and oxygen atoms in total. The first-order chi connectivity index (χ1) is 25.5. The highest BCUT2D eigenvalue weighted by Gasteiger charge is 2.20. The molecule has 0 fully saturated rings. The van der Waals surface area contributed by atoms with Gasteiger partial charge in [0.2, 0.25) is 5.91 Å². The van der Waals surface area contributed by atoms with Crippen LogP contribution in [0.2, 0.25) is 0 Å². The molecule has 0 aromatic carbocycles. The number of nitrogens with one attached hydrogen (secondary N) is 1. The van der Waals surface area contributed by atoms with Crippen LogP contribution in [0.3, 0.4) is 0 Å². The minimum atomic E-state index is -0.672. The summed E-state index contributed by atoms with van der Waals surface area (Å²) in [5, 5.41) is 23.1. The van der Waals surface area contributed by atoms with Gasteiger partial charge < -0.3 is 20.3 Å². The predicted molar refractivity (Wildman–Crippen MR) is 223 cm³/mol. The van der Waals surface area contributed by atoms with Gasteiger partial charge in [0.1, 0.15) is 0 Å². The Labute approximate surface area is 323 Å². The van der Waals surface area contributed by atoms with Gasteiger partial charge >= 0.3 is 5.97 Å². The zero-order valence-corrected chi connectivity index (χ0v) is 34.8. The summed E-state index contributed by atoms with van der Waals surface area (Å²) in [4.78, 5) is 24.3. The van der Waals surface area contributed by atoms with E-state index < -0.39 is 12.1 Å². The number of carbonyl (C=O) groups excluding carboxylic acids is 2. The van der Waals surface area contributed by atoms with Crippen molar-refractivity contribution in [1.29, 1.82) is 0 Å². The lowest BCUT2D eigenvalue weighted by Gasteiger charge is -2.22. The minimum Gasteiger partial charge on any atom is -0.466 e. The van der Waals surface area contributed by atoms with Crippen LogP contribution in [0.15, 0.2) is 12.2 Å². The van der Waals surface area contributed by atoms with Crippen LogP contribution in [-0.4, -0.2) is 47.4 Å². The van der Waals surface area contributed by atoms with E-state index in [-0.39, 0.29) is 18.5 Å². The standard InChI is InChI=1S/C46H89NO5/c1-3-5-7-9-11-13-15-19-22-26-30-34-38-44(49)43(42-48)47-45(50)39-35-31-27-23-20-16-17-21-25-29-33-37-41-52-46(51)40-36-32-28-24-18-14-12-10-8-6-4-2/h10,12,43-44,48-49H,3-9,11,13-42H2,1-2H3,(H,47,50)/b12-10-. The normalized spacial score (nSPS) is 12.8. The Balaban J connectivity index is 3.47. The molecule has 0 saturated heterocycles. The second kappa shape index (κ2) is 42.3. The summed E-state index contributed by atoms with van der Waals surface area (Å²) in [6.07, 6.45) is 45.9. The highest BCUT2D eigenvalue weighted by Crippen LogP contribution is 2.16. The molecule has 1 amide bonds. The van der Waals surface area contributed by atoms with Crippen LogP contribution in [0.1, 0.15) is 245 Å². The van der Waals surface area contributed by atoms with E-state index in [1.54, 1.807) is 0 Å². The molecule has 0 aromatic heterocycles. The topological polar surface area (TPSA) is 95.9 Å². The molecular formula is C46H89NO5. The number of esters is 1. The van der Waals surface area contributed by atoms with Crippen molar-refractivity contribution in [3.05, 3.63) is 12.2 Å². The zero-order chi connectivity index (χ0) is 38.0. The largest absolute Gasteiger partial charge is 0.466 e. The SMILES string of the molecule is CCCC/C=C\CCCCCCCC(=O)OCCCCCCCCCCCCCCC(=O)NC(CO)C(O)CCCCCCCCCCCCCC. The first-order valence-electron chi connectivity index (χ1n) is 22.9. The number of hydrogen-bond donors (Lipinski definition) is 3. The van der Waals surface area contributed by atoms with Gasteiger partial charge in [-0.3, -0.25) is 9.59 Å². The molecule has 2 unspecified atom stereocenters. The maximum Gasteiger partial charge on any atom is 0.305 e. The maximum atomic E-state index is 12.4. The van der Waals surface area contributed by atoms with Gasteiger partial charge in [0.25, 0.3) is 0 Å². The molecule has 308 valence electrons. The number of unbranched alkanes of at least 4 members (excludes halogenated alkanes) is 29. The molecular weight excluding hydrogens is 647 g/mol. The summed E-state index contributed by atoms with van der Waals surface area (Å²) in [6, 6.07) is -0.551. The van der Waals surface area contributed by atoms with Crippen LogP contribution in [0, 0.1) is 0 Å². The fourth-order valence-corrected chi connectivity index (χ4v) is 6.97. The van der Waals surface area contributed by atoms with Crippen molar-refractivity contribution in [1.82, 2.24) is 5.32 Å². The van der Waals surface area contributed by atoms with Crippen LogP contribution in [0.25, 0.3) is 0 Å². The van der Waals surface area contributed by atoms with Gasteiger partial charge in [-0.25, -0.2) is 0 Å². The first kappa shape index (κ1) is 50.6. The Morgan fingerprint density at radius 2 is 0.923 bits per heavy atom. The van der Waals surface area contributed by atoms with Crippen molar-refractivity contribution in [2.24, 2.45) is 0 Å². The molecule has 0 saturated carbocycles. The molecule has 3 N–H and O–H groups in total. The number of ether oxygens (including phenoxy) is 1. The lowest BCUT2D eigenvalue weighted by Crippen LogP contribution is -2.45. The number of hydrogen-bond acceptors (Lipinski definition) is 5. The van der Waals surface area contributed by atoms with Crippen molar-refractivity contribution in [3.8, 4) is 0 Å². The average molecular weight is 736 g/mol. The average Bonchev–Trinajstić information content (AvgIpc) is 3.14. The van der Waals surface area contributed by atoms with Gasteiger partial charge in [-0.15, -0.1) is 0 Å². The number of allylic oxidation sites excluding steroid dienone is 2. The molecule has 0 aromatic rings. The van der Waals surface area contributed by atoms with E-state index in [9.17, 15) is 19.8 Å². The lowest BCUT2D eigenvalue weighted by atomic mass is 10.0. The van der Waals surface area contributed by atoms with E-state index >= 15 is 0 Å². The van der Waals surface area contributed by atoms with E-state index in [4.69, 9.17) is 4.74 Å². The van der Waals surface area contributed by atoms with Gasteiger partial charge in [-0.05, 0) is 44.9 Å². The zero-order valence-electron chi connectivity index (χ0n) is 34.8. The van der Waals surface area contributed by atoms with Gasteiger partial charge in [0.05, 0.1) is 25.4 Å². The summed E-state index contributed by atoms with van der Waals surface area (Å²) in [7, 11) is 0. The monoisotopic (exact) mass is 736 g/mol. The fraction of sp³-hybridized carbons (Fsp3) is 0.913. The molecule has 0 rings (SSSR count). The van der Waals surface area contributed by atoms with Crippen molar-refractivity contribution in [2.45, 2.75) is 257 Å². The first-order valence-corrected chi connectivity index (χ1v) is 22.9. The van der Waals surface area contributed by atoms with Crippen LogP contribution >= 0.6 is 0 Å². The van der Waals surface area contributed by atoms with E-state index in [1.165, 1.54) is 154 Å². The van der Waals surface area contributed by atoms with E-state index in [0.717, 1.165) is 57.8 Å². The Bertz CT molecular complexity index is 772. The third kappa shape index (κ3) is 38.3. The van der Waals surface area contributed by atoms with Crippen LogP contribution < -0.4 is 5.32 Å². The fourth-order valence-electron chi connectivity index (χ4n) is 6.97. The molecule has 52 heavy (non-hydrogen) atoms. The van der Waals surface area contributed by atoms with Crippen molar-refractivity contribution in [2.75, 3.05) is 13.2 Å². The van der Waals surface area contributed by atoms with E-state index in [2.05, 4.69) is 31.3 Å². The summed E-state index contributed by atoms with van der Waals surface area (Å²) in [5.41, 5.74) is 0. The molecule has 0 aliphatic heterocycles. The van der Waals surface area contributed by atoms with Crippen LogP contribution in [0.5, 0.6) is 0 Å². The highest BCUT2D eigenvalue weighted by molar-refractivity contribution is 5.76. The summed E-state index contributed by atoms with van der Waals surface area (Å²) in [5.74, 6) is -0.0726. The Kier molecular flexibility index (Phi) is 41.2. The minimum absolute atomic E-state index is 0.0206. The van der Waals surface area contributed by atoms with E-state index in [0.29, 0.717) is 25.9 Å². The maximum absolute atomic E-state index is 12.4. The van der Waals surface area contributed by atoms with Gasteiger partial charge in [0, 0.05) is 12.8 Å². The van der Waals surface area contributed by atoms with Crippen LogP contribution in [-0.2, 0) is 14.3 Å². The molecule has 0 bridgehead atoms. The molecule has 0 heterocycles. The molecule has 0 aliphatic carbocycles. The van der Waals surface area contributed by atoms with Crippen molar-refractivity contribution < 1.29 is 24.5 Å². The van der Waals surface area contributed by atoms with Crippen molar-refractivity contribution >= 4 is 11.9 Å². The number of amides is 1. The summed E-state index contributed by atoms with van der Waals surface area (Å²) >= 11 is 0. The molecule has 0 aliphatic rings. The smallest absolute Gasteiger partial charge is 0.305 e. The Morgan fingerprint density at radius 1 is 0.519 bits per heavy atom. The summed E-state index contributed by atoms with van der Waals surface area (Å²) in [6.45, 7) is 4.86. The van der Waals surface area contributed by atoms with Gasteiger partial charge in [0.15, 0.2) is 0 Å². The molecule has 0 radical (unpaired) electrons. The molecule has 6 heteroatoms. The van der Waals surface area contributed by atoms with Crippen LogP contribution in [0.4, 0.5) is 0 Å². The quantitative estimate of drug-likeness (QED) is 0.0329. The van der Waals surface area contributed by atoms with Gasteiger partial charge in [-0.1, -0.05) is 199 Å². The second-order valence-electron chi connectivity index (χ2n) is 15.7. The lowest BCUT2D eigenvalue weighted by molar-refractivity contribution is -0.143. The second-order valence-corrected chi connectivity index (χ2v) is 15.7. The van der Waals surface area contributed by atoms with E-state index in [1.807, 2.05) is 0 Å². The number of aliphatic hydroxyl groups excluding tert-OH is 2. The van der Waals surface area contributed by atoms with Crippen molar-refractivity contribution in [3.63, 3.8) is 0 Å². The number of rotatable bonds is 42. The number of carbonyl (C=O) groups is 2. The molecule has 2 atom stereocenters. The van der Waals surface area contributed by atoms with Gasteiger partial charge in [-0.2, -0.15) is 0 Å². The number of aliphatic hydroxyl groups is 2. The Hall–Kier alpha value is -1.40. The summed E-state index contributed by atoms with van der Waals surface area (Å²) < 4.78 is 5.43. The molecule has 0 spiro atoms. The Morgan fingerprint density at radius 3 is 1.42 bits per heavy atom. The predicted octanol–water partition coefficient (Wildman–Crippen LogP) is 13.0. The third-order valence-electron chi connectivity index (χ3n) is 10.6. The highest BCUT2D eigenvalue weighted by atomic mass is 16.5. The third-order valence-corrected chi connectivity index (χ3v) is 10.6.